The van der Waals surface area contributed by atoms with E-state index >= 15 is 0 Å². The minimum absolute atomic E-state index is 0.685. The number of hydrogen-bond acceptors (Lipinski definition) is 1. The topological polar surface area (TPSA) is 12.0 Å². The van der Waals surface area contributed by atoms with Crippen molar-refractivity contribution in [1.82, 2.24) is 5.32 Å². The molecule has 5 aliphatic carbocycles. The summed E-state index contributed by atoms with van der Waals surface area (Å²) >= 11 is 0. The van der Waals surface area contributed by atoms with E-state index in [0.29, 0.717) is 10.8 Å². The van der Waals surface area contributed by atoms with Gasteiger partial charge in [-0.3, -0.25) is 0 Å². The monoisotopic (exact) mass is 275 g/mol. The van der Waals surface area contributed by atoms with Crippen molar-refractivity contribution in [3.63, 3.8) is 0 Å². The van der Waals surface area contributed by atoms with Crippen LogP contribution in [-0.2, 0) is 0 Å². The minimum Gasteiger partial charge on any atom is -0.314 e. The molecule has 0 aromatic heterocycles. The Labute approximate surface area is 125 Å². The van der Waals surface area contributed by atoms with Crippen LogP contribution in [0.4, 0.5) is 0 Å². The van der Waals surface area contributed by atoms with Crippen LogP contribution in [0, 0.1) is 28.6 Å². The molecular weight excluding hydrogens is 242 g/mol. The summed E-state index contributed by atoms with van der Waals surface area (Å²) in [5.41, 5.74) is 1.39. The lowest BCUT2D eigenvalue weighted by Crippen LogP contribution is -2.59. The molecular formula is C19H33N. The molecule has 3 atom stereocenters. The van der Waals surface area contributed by atoms with Crippen LogP contribution in [0.15, 0.2) is 0 Å². The summed E-state index contributed by atoms with van der Waals surface area (Å²) in [6.07, 6.45) is 15.3. The lowest BCUT2D eigenvalue weighted by molar-refractivity contribution is -0.121. The SMILES string of the molecule is CCNC(CC1CCC1)C12CC3CC(CC(C)(C3)C1)C2. The Hall–Kier alpha value is -0.0400. The third-order valence-electron chi connectivity index (χ3n) is 7.38. The molecule has 5 saturated carbocycles. The van der Waals surface area contributed by atoms with Crippen molar-refractivity contribution in [1.29, 1.82) is 0 Å². The van der Waals surface area contributed by atoms with Gasteiger partial charge in [-0.25, -0.2) is 0 Å². The maximum atomic E-state index is 3.96. The Morgan fingerprint density at radius 1 is 1.10 bits per heavy atom. The van der Waals surface area contributed by atoms with Crippen molar-refractivity contribution >= 4 is 0 Å². The summed E-state index contributed by atoms with van der Waals surface area (Å²) in [5, 5.41) is 3.96. The van der Waals surface area contributed by atoms with E-state index in [4.69, 9.17) is 0 Å². The van der Waals surface area contributed by atoms with Crippen LogP contribution in [0.25, 0.3) is 0 Å². The highest BCUT2D eigenvalue weighted by Gasteiger charge is 2.58. The molecule has 4 bridgehead atoms. The number of nitrogens with one attached hydrogen (secondary N) is 1. The second-order valence-corrected chi connectivity index (χ2v) is 9.28. The second-order valence-electron chi connectivity index (χ2n) is 9.28. The van der Waals surface area contributed by atoms with Crippen LogP contribution < -0.4 is 5.32 Å². The van der Waals surface area contributed by atoms with Gasteiger partial charge in [-0.2, -0.15) is 0 Å². The van der Waals surface area contributed by atoms with E-state index in [-0.39, 0.29) is 0 Å². The van der Waals surface area contributed by atoms with Crippen molar-refractivity contribution in [2.45, 2.75) is 84.1 Å². The maximum Gasteiger partial charge on any atom is 0.0126 e. The first kappa shape index (κ1) is 13.6. The van der Waals surface area contributed by atoms with Crippen LogP contribution in [0.3, 0.4) is 0 Å². The predicted molar refractivity (Wildman–Crippen MR) is 84.6 cm³/mol. The molecule has 0 spiro atoms. The largest absolute Gasteiger partial charge is 0.314 e. The van der Waals surface area contributed by atoms with Gasteiger partial charge in [0.1, 0.15) is 0 Å². The van der Waals surface area contributed by atoms with E-state index < -0.39 is 0 Å². The lowest BCUT2D eigenvalue weighted by atomic mass is 9.42. The van der Waals surface area contributed by atoms with Crippen LogP contribution in [0.5, 0.6) is 0 Å². The van der Waals surface area contributed by atoms with E-state index in [0.717, 1.165) is 23.8 Å². The van der Waals surface area contributed by atoms with Gasteiger partial charge in [-0.15, -0.1) is 0 Å². The first-order chi connectivity index (χ1) is 9.61. The molecule has 5 fully saturated rings. The average Bonchev–Trinajstić information content (AvgIpc) is 2.28. The summed E-state index contributed by atoms with van der Waals surface area (Å²) in [5.74, 6) is 3.20. The van der Waals surface area contributed by atoms with Gasteiger partial charge in [0, 0.05) is 6.04 Å². The van der Waals surface area contributed by atoms with E-state index in [1.807, 2.05) is 0 Å². The maximum absolute atomic E-state index is 3.96. The van der Waals surface area contributed by atoms with Gasteiger partial charge in [0.2, 0.25) is 0 Å². The lowest BCUT2D eigenvalue weighted by Gasteiger charge is -2.64. The first-order valence-electron chi connectivity index (χ1n) is 9.34. The molecule has 0 amide bonds. The molecule has 1 N–H and O–H groups in total. The normalized spacial score (nSPS) is 48.3. The zero-order valence-corrected chi connectivity index (χ0v) is 13.6. The fraction of sp³-hybridized carbons (Fsp3) is 1.00. The molecule has 3 unspecified atom stereocenters. The molecule has 1 heteroatoms. The molecule has 0 aromatic rings. The molecule has 0 heterocycles. The zero-order valence-electron chi connectivity index (χ0n) is 13.6. The molecule has 0 radical (unpaired) electrons. The molecule has 114 valence electrons. The summed E-state index contributed by atoms with van der Waals surface area (Å²) in [4.78, 5) is 0. The Bertz CT molecular complexity index is 356. The van der Waals surface area contributed by atoms with Crippen LogP contribution in [0.2, 0.25) is 0 Å². The summed E-state index contributed by atoms with van der Waals surface area (Å²) in [6.45, 7) is 6.10. The summed E-state index contributed by atoms with van der Waals surface area (Å²) in [7, 11) is 0. The van der Waals surface area contributed by atoms with Crippen molar-refractivity contribution in [2.75, 3.05) is 6.54 Å². The van der Waals surface area contributed by atoms with Gasteiger partial charge in [-0.1, -0.05) is 33.1 Å². The van der Waals surface area contributed by atoms with Gasteiger partial charge in [0.05, 0.1) is 0 Å². The predicted octanol–water partition coefficient (Wildman–Crippen LogP) is 4.76. The van der Waals surface area contributed by atoms with Crippen molar-refractivity contribution in [3.05, 3.63) is 0 Å². The third-order valence-corrected chi connectivity index (χ3v) is 7.38. The van der Waals surface area contributed by atoms with Crippen LogP contribution in [0.1, 0.15) is 78.1 Å². The molecule has 0 aliphatic heterocycles. The van der Waals surface area contributed by atoms with Gasteiger partial charge < -0.3 is 5.32 Å². The zero-order chi connectivity index (χ0) is 13.8. The minimum atomic E-state index is 0.685. The van der Waals surface area contributed by atoms with E-state index in [1.54, 1.807) is 32.1 Å². The molecule has 20 heavy (non-hydrogen) atoms. The average molecular weight is 275 g/mol. The fourth-order valence-corrected chi connectivity index (χ4v) is 7.06. The Morgan fingerprint density at radius 3 is 2.30 bits per heavy atom. The second kappa shape index (κ2) is 4.73. The Morgan fingerprint density at radius 2 is 1.80 bits per heavy atom. The quantitative estimate of drug-likeness (QED) is 0.762. The highest BCUT2D eigenvalue weighted by molar-refractivity contribution is 5.10. The first-order valence-corrected chi connectivity index (χ1v) is 9.34. The molecule has 0 aromatic carbocycles. The standard InChI is InChI=1S/C19H33N/c1-3-20-17(8-14-5-4-6-14)19-11-15-7-16(12-19)10-18(2,9-15)13-19/h14-17,20H,3-13H2,1-2H3. The molecule has 0 saturated heterocycles. The van der Waals surface area contributed by atoms with Gasteiger partial charge in [0.25, 0.3) is 0 Å². The highest BCUT2D eigenvalue weighted by Crippen LogP contribution is 2.66. The highest BCUT2D eigenvalue weighted by atomic mass is 14.9. The van der Waals surface area contributed by atoms with Crippen molar-refractivity contribution < 1.29 is 0 Å². The van der Waals surface area contributed by atoms with Crippen LogP contribution >= 0.6 is 0 Å². The molecule has 5 aliphatic rings. The summed E-state index contributed by atoms with van der Waals surface area (Å²) in [6, 6.07) is 0.836. The molecule has 1 nitrogen and oxygen atoms in total. The van der Waals surface area contributed by atoms with Gasteiger partial charge in [0.15, 0.2) is 0 Å². The van der Waals surface area contributed by atoms with E-state index in [9.17, 15) is 0 Å². The van der Waals surface area contributed by atoms with Crippen LogP contribution in [-0.4, -0.2) is 12.6 Å². The third kappa shape index (κ3) is 2.16. The van der Waals surface area contributed by atoms with E-state index in [2.05, 4.69) is 19.2 Å². The van der Waals surface area contributed by atoms with E-state index in [1.165, 1.54) is 38.6 Å². The van der Waals surface area contributed by atoms with Gasteiger partial charge >= 0.3 is 0 Å². The molecule has 5 rings (SSSR count). The summed E-state index contributed by atoms with van der Waals surface area (Å²) < 4.78 is 0. The Kier molecular flexibility index (Phi) is 3.22. The van der Waals surface area contributed by atoms with Gasteiger partial charge in [-0.05, 0) is 80.1 Å². The fourth-order valence-electron chi connectivity index (χ4n) is 7.06. The number of hydrogen-bond donors (Lipinski definition) is 1. The van der Waals surface area contributed by atoms with Crippen molar-refractivity contribution in [3.8, 4) is 0 Å². The Balaban J connectivity index is 1.57. The van der Waals surface area contributed by atoms with Crippen molar-refractivity contribution in [2.24, 2.45) is 28.6 Å². The number of rotatable bonds is 5. The smallest absolute Gasteiger partial charge is 0.0126 e.